The molecule has 0 aromatic heterocycles. The molecule has 100 valence electrons. The van der Waals surface area contributed by atoms with Gasteiger partial charge in [0.05, 0.1) is 3.57 Å². The van der Waals surface area contributed by atoms with Crippen LogP contribution in [0, 0.1) is 9.39 Å². The van der Waals surface area contributed by atoms with Crippen molar-refractivity contribution in [3.05, 3.63) is 44.8 Å². The number of hydrogen-bond donors (Lipinski definition) is 0. The normalized spacial score (nSPS) is 15.5. The maximum atomic E-state index is 13.1. The largest absolute Gasteiger partial charge is 0.454 e. The maximum absolute atomic E-state index is 13.1. The molecular formula is C16H10FIO2. The highest BCUT2D eigenvalue weighted by atomic mass is 127. The van der Waals surface area contributed by atoms with E-state index >= 15 is 0 Å². The van der Waals surface area contributed by atoms with E-state index in [1.165, 1.54) is 12.1 Å². The van der Waals surface area contributed by atoms with Crippen LogP contribution in [0.15, 0.2) is 24.3 Å². The topological polar surface area (TPSA) is 26.3 Å². The van der Waals surface area contributed by atoms with Crippen LogP contribution in [0.1, 0.15) is 34.7 Å². The molecule has 1 fully saturated rings. The molecule has 0 atom stereocenters. The number of aldehydes is 1. The Morgan fingerprint density at radius 3 is 2.50 bits per heavy atom. The lowest BCUT2D eigenvalue weighted by molar-refractivity contribution is 0.111. The third kappa shape index (κ3) is 1.63. The van der Waals surface area contributed by atoms with Gasteiger partial charge in [-0.2, -0.15) is 0 Å². The summed E-state index contributed by atoms with van der Waals surface area (Å²) in [5, 5.41) is 0. The number of fused-ring (bicyclic) bond motifs is 2. The van der Waals surface area contributed by atoms with E-state index < -0.39 is 0 Å². The molecule has 0 spiro atoms. The Morgan fingerprint density at radius 2 is 1.90 bits per heavy atom. The zero-order valence-corrected chi connectivity index (χ0v) is 12.6. The number of halogens is 2. The number of carbonyl (C=O) groups is 1. The molecule has 0 radical (unpaired) electrons. The first-order valence-corrected chi connectivity index (χ1v) is 7.57. The summed E-state index contributed by atoms with van der Waals surface area (Å²) in [6, 6.07) is 6.52. The molecule has 4 heteroatoms. The zero-order chi connectivity index (χ0) is 13.9. The van der Waals surface area contributed by atoms with Gasteiger partial charge in [0, 0.05) is 11.1 Å². The van der Waals surface area contributed by atoms with Crippen LogP contribution in [0.2, 0.25) is 0 Å². The van der Waals surface area contributed by atoms with Gasteiger partial charge >= 0.3 is 0 Å². The smallest absolute Gasteiger partial charge is 0.157 e. The molecule has 2 heterocycles. The van der Waals surface area contributed by atoms with Crippen molar-refractivity contribution in [2.24, 2.45) is 0 Å². The molecule has 20 heavy (non-hydrogen) atoms. The van der Waals surface area contributed by atoms with E-state index in [4.69, 9.17) is 4.74 Å². The summed E-state index contributed by atoms with van der Waals surface area (Å²) in [5.41, 5.74) is 3.90. The summed E-state index contributed by atoms with van der Waals surface area (Å²) in [5.74, 6) is 1.62. The Bertz CT molecular complexity index is 733. The molecule has 2 aromatic rings. The molecule has 1 aliphatic carbocycles. The minimum atomic E-state index is -0.241. The van der Waals surface area contributed by atoms with E-state index in [9.17, 15) is 9.18 Å². The average molecular weight is 380 g/mol. The molecule has 0 saturated heterocycles. The molecule has 0 amide bonds. The number of benzene rings is 2. The van der Waals surface area contributed by atoms with Gasteiger partial charge in [0.1, 0.15) is 17.1 Å². The highest BCUT2D eigenvalue weighted by Crippen LogP contribution is 2.59. The van der Waals surface area contributed by atoms with Crippen molar-refractivity contribution in [3.63, 3.8) is 0 Å². The highest BCUT2D eigenvalue weighted by Gasteiger charge is 2.39. The van der Waals surface area contributed by atoms with Crippen molar-refractivity contribution in [1.29, 1.82) is 0 Å². The van der Waals surface area contributed by atoms with Gasteiger partial charge in [0.2, 0.25) is 0 Å². The predicted octanol–water partition coefficient (Wildman–Crippen LogP) is 4.89. The average Bonchev–Trinajstić information content (AvgIpc) is 3.23. The number of hydrogen-bond acceptors (Lipinski definition) is 2. The van der Waals surface area contributed by atoms with Gasteiger partial charge in [-0.25, -0.2) is 4.39 Å². The predicted molar refractivity (Wildman–Crippen MR) is 82.0 cm³/mol. The Balaban J connectivity index is 1.98. The lowest BCUT2D eigenvalue weighted by Gasteiger charge is -2.29. The third-order valence-electron chi connectivity index (χ3n) is 3.86. The first-order chi connectivity index (χ1) is 9.70. The fourth-order valence-corrected chi connectivity index (χ4v) is 3.75. The van der Waals surface area contributed by atoms with E-state index in [0.29, 0.717) is 17.2 Å². The van der Waals surface area contributed by atoms with Crippen molar-refractivity contribution < 1.29 is 13.9 Å². The monoisotopic (exact) mass is 380 g/mol. The van der Waals surface area contributed by atoms with Crippen LogP contribution in [-0.4, -0.2) is 6.29 Å². The fourth-order valence-electron chi connectivity index (χ4n) is 2.74. The summed E-state index contributed by atoms with van der Waals surface area (Å²) in [6.45, 7) is 0. The lowest BCUT2D eigenvalue weighted by atomic mass is 9.90. The van der Waals surface area contributed by atoms with Crippen molar-refractivity contribution >= 4 is 28.9 Å². The van der Waals surface area contributed by atoms with Gasteiger partial charge in [0.15, 0.2) is 12.0 Å². The van der Waals surface area contributed by atoms with E-state index in [1.54, 1.807) is 12.1 Å². The SMILES string of the molecule is O=Cc1c2c(I)c(-c3ccc(F)cc3)c(C3CC3)c1O2. The van der Waals surface area contributed by atoms with Gasteiger partial charge in [-0.3, -0.25) is 4.79 Å². The van der Waals surface area contributed by atoms with E-state index in [1.807, 2.05) is 0 Å². The minimum Gasteiger partial charge on any atom is -0.454 e. The molecule has 3 aliphatic rings. The maximum Gasteiger partial charge on any atom is 0.157 e. The molecule has 2 aromatic carbocycles. The number of rotatable bonds is 3. The quantitative estimate of drug-likeness (QED) is 0.478. The van der Waals surface area contributed by atoms with E-state index in [2.05, 4.69) is 22.6 Å². The summed E-state index contributed by atoms with van der Waals surface area (Å²) < 4.78 is 19.7. The van der Waals surface area contributed by atoms with E-state index in [-0.39, 0.29) is 5.82 Å². The second-order valence-corrected chi connectivity index (χ2v) is 6.25. The Labute approximate surface area is 129 Å². The van der Waals surface area contributed by atoms with Gasteiger partial charge in [0.25, 0.3) is 0 Å². The van der Waals surface area contributed by atoms with Crippen LogP contribution in [0.3, 0.4) is 0 Å². The second-order valence-electron chi connectivity index (χ2n) is 5.18. The molecular weight excluding hydrogens is 370 g/mol. The van der Waals surface area contributed by atoms with Crippen LogP contribution in [0.25, 0.3) is 11.1 Å². The van der Waals surface area contributed by atoms with Crippen molar-refractivity contribution in [2.45, 2.75) is 18.8 Å². The van der Waals surface area contributed by atoms with Crippen LogP contribution in [0.5, 0.6) is 11.5 Å². The molecule has 0 N–H and O–H groups in total. The molecule has 0 unspecified atom stereocenters. The van der Waals surface area contributed by atoms with Crippen molar-refractivity contribution in [2.75, 3.05) is 0 Å². The Kier molecular flexibility index (Phi) is 2.64. The lowest BCUT2D eigenvalue weighted by Crippen LogP contribution is -2.12. The van der Waals surface area contributed by atoms with Gasteiger partial charge in [-0.1, -0.05) is 12.1 Å². The van der Waals surface area contributed by atoms with Crippen LogP contribution in [-0.2, 0) is 0 Å². The van der Waals surface area contributed by atoms with Gasteiger partial charge in [-0.15, -0.1) is 0 Å². The highest BCUT2D eigenvalue weighted by molar-refractivity contribution is 14.1. The molecule has 5 rings (SSSR count). The number of ether oxygens (including phenoxy) is 1. The number of carbonyl (C=O) groups excluding carboxylic acids is 1. The van der Waals surface area contributed by atoms with Crippen molar-refractivity contribution in [1.82, 2.24) is 0 Å². The van der Waals surface area contributed by atoms with Crippen LogP contribution < -0.4 is 4.74 Å². The van der Waals surface area contributed by atoms with Gasteiger partial charge in [-0.05, 0) is 59.0 Å². The molecule has 2 bridgehead atoms. The zero-order valence-electron chi connectivity index (χ0n) is 10.5. The fraction of sp³-hybridized carbons (Fsp3) is 0.188. The summed E-state index contributed by atoms with van der Waals surface area (Å²) in [4.78, 5) is 11.2. The molecule has 1 saturated carbocycles. The Hall–Kier alpha value is -1.43. The Morgan fingerprint density at radius 1 is 1.20 bits per heavy atom. The molecule has 2 aliphatic heterocycles. The third-order valence-corrected chi connectivity index (χ3v) is 4.89. The van der Waals surface area contributed by atoms with E-state index in [0.717, 1.165) is 45.1 Å². The summed E-state index contributed by atoms with van der Waals surface area (Å²) >= 11 is 2.22. The minimum absolute atomic E-state index is 0.241. The second kappa shape index (κ2) is 4.28. The van der Waals surface area contributed by atoms with Crippen molar-refractivity contribution in [3.8, 4) is 22.6 Å². The van der Waals surface area contributed by atoms with Gasteiger partial charge < -0.3 is 4.74 Å². The first-order valence-electron chi connectivity index (χ1n) is 6.49. The van der Waals surface area contributed by atoms with Crippen LogP contribution in [0.4, 0.5) is 4.39 Å². The first kappa shape index (κ1) is 12.3. The summed E-state index contributed by atoms with van der Waals surface area (Å²) in [7, 11) is 0. The summed E-state index contributed by atoms with van der Waals surface area (Å²) in [6.07, 6.45) is 3.12. The molecule has 2 nitrogen and oxygen atoms in total. The standard InChI is InChI=1S/C16H10FIO2/c17-10-5-3-8(4-6-10)12-13(9-1-2-9)15-11(7-19)16(20-15)14(12)18/h3-7,9H,1-2H2. The van der Waals surface area contributed by atoms with Crippen LogP contribution >= 0.6 is 22.6 Å².